The summed E-state index contributed by atoms with van der Waals surface area (Å²) in [7, 11) is 0. The van der Waals surface area contributed by atoms with Crippen LogP contribution in [0.25, 0.3) is 0 Å². The summed E-state index contributed by atoms with van der Waals surface area (Å²) >= 11 is 5.86. The second-order valence-electron chi connectivity index (χ2n) is 5.26. The van der Waals surface area contributed by atoms with Crippen molar-refractivity contribution in [1.29, 1.82) is 0 Å². The van der Waals surface area contributed by atoms with Crippen LogP contribution in [0.3, 0.4) is 0 Å². The Kier molecular flexibility index (Phi) is 3.83. The van der Waals surface area contributed by atoms with Gasteiger partial charge in [-0.25, -0.2) is 4.39 Å². The molecule has 0 aromatic heterocycles. The molecule has 0 atom stereocenters. The van der Waals surface area contributed by atoms with E-state index in [0.717, 1.165) is 25.7 Å². The average Bonchev–Trinajstić information content (AvgIpc) is 2.41. The third kappa shape index (κ3) is 2.10. The lowest BCUT2D eigenvalue weighted by Gasteiger charge is -2.37. The first-order chi connectivity index (χ1) is 8.52. The molecule has 0 amide bonds. The zero-order valence-corrected chi connectivity index (χ0v) is 11.4. The Morgan fingerprint density at radius 1 is 1.39 bits per heavy atom. The van der Waals surface area contributed by atoms with Gasteiger partial charge in [0.2, 0.25) is 0 Å². The van der Waals surface area contributed by atoms with E-state index in [-0.39, 0.29) is 10.4 Å². The molecule has 18 heavy (non-hydrogen) atoms. The fraction of sp³-hybridized carbons (Fsp3) is 0.571. The van der Waals surface area contributed by atoms with Gasteiger partial charge in [-0.2, -0.15) is 0 Å². The molecule has 4 heteroatoms. The molecular formula is C14H19ClFNO. The molecule has 1 aliphatic rings. The van der Waals surface area contributed by atoms with Crippen molar-refractivity contribution in [1.82, 2.24) is 0 Å². The third-order valence-electron chi connectivity index (χ3n) is 4.13. The zero-order chi connectivity index (χ0) is 13.3. The van der Waals surface area contributed by atoms with E-state index in [1.54, 1.807) is 13.0 Å². The molecule has 1 aliphatic carbocycles. The van der Waals surface area contributed by atoms with Crippen molar-refractivity contribution in [3.8, 4) is 5.75 Å². The minimum Gasteiger partial charge on any atom is -0.504 e. The van der Waals surface area contributed by atoms with E-state index in [2.05, 4.69) is 0 Å². The summed E-state index contributed by atoms with van der Waals surface area (Å²) in [6.07, 6.45) is 5.03. The predicted molar refractivity (Wildman–Crippen MR) is 71.6 cm³/mol. The molecule has 0 bridgehead atoms. The predicted octanol–water partition coefficient (Wildman–Crippen LogP) is 3.65. The minimum absolute atomic E-state index is 0.0965. The lowest BCUT2D eigenvalue weighted by molar-refractivity contribution is 0.287. The van der Waals surface area contributed by atoms with E-state index in [0.29, 0.717) is 17.7 Å². The molecular weight excluding hydrogens is 253 g/mol. The van der Waals surface area contributed by atoms with Gasteiger partial charge in [0.1, 0.15) is 0 Å². The number of hydrogen-bond donors (Lipinski definition) is 2. The topological polar surface area (TPSA) is 46.2 Å². The van der Waals surface area contributed by atoms with Crippen molar-refractivity contribution >= 4 is 11.6 Å². The van der Waals surface area contributed by atoms with Crippen LogP contribution in [0, 0.1) is 12.7 Å². The monoisotopic (exact) mass is 271 g/mol. The van der Waals surface area contributed by atoms with Crippen molar-refractivity contribution in [3.05, 3.63) is 28.0 Å². The lowest BCUT2D eigenvalue weighted by atomic mass is 9.69. The maximum absolute atomic E-state index is 14.3. The van der Waals surface area contributed by atoms with Gasteiger partial charge in [0.05, 0.1) is 5.02 Å². The molecule has 0 heterocycles. The van der Waals surface area contributed by atoms with Crippen molar-refractivity contribution in [2.45, 2.75) is 44.4 Å². The molecule has 0 radical (unpaired) electrons. The molecule has 1 fully saturated rings. The number of rotatable bonds is 2. The number of aryl methyl sites for hydroxylation is 1. The summed E-state index contributed by atoms with van der Waals surface area (Å²) in [5.74, 6) is -1.04. The highest BCUT2D eigenvalue weighted by Gasteiger charge is 2.36. The van der Waals surface area contributed by atoms with E-state index in [1.165, 1.54) is 6.42 Å². The molecule has 100 valence electrons. The van der Waals surface area contributed by atoms with Gasteiger partial charge in [-0.05, 0) is 30.9 Å². The Morgan fingerprint density at radius 3 is 2.56 bits per heavy atom. The fourth-order valence-corrected chi connectivity index (χ4v) is 3.09. The second kappa shape index (κ2) is 5.06. The number of hydrogen-bond acceptors (Lipinski definition) is 2. The summed E-state index contributed by atoms with van der Waals surface area (Å²) in [6.45, 7) is 2.18. The summed E-state index contributed by atoms with van der Waals surface area (Å²) in [5, 5.41) is 9.86. The maximum Gasteiger partial charge on any atom is 0.170 e. The van der Waals surface area contributed by atoms with Gasteiger partial charge < -0.3 is 10.8 Å². The third-order valence-corrected chi connectivity index (χ3v) is 4.61. The number of phenols is 1. The molecule has 1 aromatic rings. The Morgan fingerprint density at radius 2 is 2.00 bits per heavy atom. The van der Waals surface area contributed by atoms with E-state index < -0.39 is 11.6 Å². The van der Waals surface area contributed by atoms with Crippen LogP contribution in [-0.2, 0) is 5.41 Å². The number of aromatic hydroxyl groups is 1. The minimum atomic E-state index is -0.599. The van der Waals surface area contributed by atoms with E-state index in [1.807, 2.05) is 0 Å². The number of halogens is 2. The maximum atomic E-state index is 14.3. The number of phenolic OH excluding ortho intramolecular Hbond substituents is 1. The summed E-state index contributed by atoms with van der Waals surface area (Å²) in [6, 6.07) is 1.75. The van der Waals surface area contributed by atoms with Gasteiger partial charge in [0, 0.05) is 12.0 Å². The van der Waals surface area contributed by atoms with Crippen LogP contribution in [-0.4, -0.2) is 11.7 Å². The molecule has 3 N–H and O–H groups in total. The number of nitrogens with two attached hydrogens (primary N) is 1. The van der Waals surface area contributed by atoms with Gasteiger partial charge in [-0.3, -0.25) is 0 Å². The standard InChI is InChI=1S/C14H19ClFNO/c1-9-7-10(12(16)13(18)11(9)15)14(8-17)5-3-2-4-6-14/h7,18H,2-6,8,17H2,1H3. The van der Waals surface area contributed by atoms with Crippen molar-refractivity contribution in [2.24, 2.45) is 5.73 Å². The first kappa shape index (κ1) is 13.6. The van der Waals surface area contributed by atoms with Gasteiger partial charge in [-0.1, -0.05) is 36.9 Å². The molecule has 0 spiro atoms. The average molecular weight is 272 g/mol. The molecule has 0 saturated heterocycles. The van der Waals surface area contributed by atoms with Crippen LogP contribution >= 0.6 is 11.6 Å². The highest BCUT2D eigenvalue weighted by atomic mass is 35.5. The first-order valence-electron chi connectivity index (χ1n) is 6.40. The first-order valence-corrected chi connectivity index (χ1v) is 6.78. The van der Waals surface area contributed by atoms with E-state index >= 15 is 0 Å². The highest BCUT2D eigenvalue weighted by molar-refractivity contribution is 6.32. The van der Waals surface area contributed by atoms with Crippen LogP contribution in [0.4, 0.5) is 4.39 Å². The van der Waals surface area contributed by atoms with Crippen LogP contribution in [0.5, 0.6) is 5.75 Å². The van der Waals surface area contributed by atoms with Crippen molar-refractivity contribution < 1.29 is 9.50 Å². The van der Waals surface area contributed by atoms with Gasteiger partial charge in [-0.15, -0.1) is 0 Å². The molecule has 2 nitrogen and oxygen atoms in total. The van der Waals surface area contributed by atoms with Crippen LogP contribution in [0.1, 0.15) is 43.2 Å². The fourth-order valence-electron chi connectivity index (χ4n) is 2.95. The van der Waals surface area contributed by atoms with E-state index in [4.69, 9.17) is 17.3 Å². The SMILES string of the molecule is Cc1cc(C2(CN)CCCCC2)c(F)c(O)c1Cl. The molecule has 1 aromatic carbocycles. The Hall–Kier alpha value is -0.800. The molecule has 0 aliphatic heterocycles. The Labute approximate surface area is 112 Å². The van der Waals surface area contributed by atoms with Crippen LogP contribution in [0.15, 0.2) is 6.07 Å². The summed E-state index contributed by atoms with van der Waals surface area (Å²) in [5.41, 5.74) is 6.79. The number of benzene rings is 1. The molecule has 1 saturated carbocycles. The molecule has 2 rings (SSSR count). The Bertz CT molecular complexity index is 456. The Balaban J connectivity index is 2.55. The van der Waals surface area contributed by atoms with Crippen molar-refractivity contribution in [2.75, 3.05) is 6.54 Å². The lowest BCUT2D eigenvalue weighted by Crippen LogP contribution is -2.38. The second-order valence-corrected chi connectivity index (χ2v) is 5.64. The summed E-state index contributed by atoms with van der Waals surface area (Å²) in [4.78, 5) is 0. The highest BCUT2D eigenvalue weighted by Crippen LogP contribution is 2.43. The van der Waals surface area contributed by atoms with Crippen LogP contribution < -0.4 is 5.73 Å². The normalized spacial score (nSPS) is 18.9. The van der Waals surface area contributed by atoms with Gasteiger partial charge in [0.15, 0.2) is 11.6 Å². The van der Waals surface area contributed by atoms with Crippen LogP contribution in [0.2, 0.25) is 5.02 Å². The van der Waals surface area contributed by atoms with Gasteiger partial charge >= 0.3 is 0 Å². The summed E-state index contributed by atoms with van der Waals surface area (Å²) < 4.78 is 14.3. The quantitative estimate of drug-likeness (QED) is 0.862. The van der Waals surface area contributed by atoms with E-state index in [9.17, 15) is 9.50 Å². The van der Waals surface area contributed by atoms with Crippen molar-refractivity contribution in [3.63, 3.8) is 0 Å². The molecule has 0 unspecified atom stereocenters. The largest absolute Gasteiger partial charge is 0.504 e. The smallest absolute Gasteiger partial charge is 0.170 e. The zero-order valence-electron chi connectivity index (χ0n) is 10.6. The van der Waals surface area contributed by atoms with Gasteiger partial charge in [0.25, 0.3) is 0 Å².